The lowest BCUT2D eigenvalue weighted by atomic mass is 10.2. The van der Waals surface area contributed by atoms with Crippen molar-refractivity contribution in [1.82, 2.24) is 0 Å². The van der Waals surface area contributed by atoms with Crippen LogP contribution >= 0.6 is 0 Å². The highest BCUT2D eigenvalue weighted by atomic mass is 16.6. The molecule has 1 atom stereocenters. The van der Waals surface area contributed by atoms with Crippen LogP contribution in [0.4, 0.5) is 11.4 Å². The molecular weight excluding hydrogens is 356 g/mol. The Bertz CT molecular complexity index is 897. The highest BCUT2D eigenvalue weighted by Crippen LogP contribution is 2.32. The van der Waals surface area contributed by atoms with Gasteiger partial charge in [0, 0.05) is 17.8 Å². The summed E-state index contributed by atoms with van der Waals surface area (Å²) in [7, 11) is 0. The maximum Gasteiger partial charge on any atom is 0.345 e. The minimum absolute atomic E-state index is 0.221. The summed E-state index contributed by atoms with van der Waals surface area (Å²) in [5.41, 5.74) is -0.165. The Morgan fingerprint density at radius 3 is 2.59 bits per heavy atom. The maximum absolute atomic E-state index is 12.3. The van der Waals surface area contributed by atoms with Gasteiger partial charge in [0.15, 0.2) is 17.6 Å². The van der Waals surface area contributed by atoms with Gasteiger partial charge in [0.1, 0.15) is 18.8 Å². The van der Waals surface area contributed by atoms with Gasteiger partial charge in [-0.3, -0.25) is 14.9 Å². The average Bonchev–Trinajstić information content (AvgIpc) is 2.67. The highest BCUT2D eigenvalue weighted by molar-refractivity contribution is 5.99. The van der Waals surface area contributed by atoms with E-state index in [9.17, 15) is 19.7 Å². The van der Waals surface area contributed by atoms with Crippen LogP contribution in [0.1, 0.15) is 17.3 Å². The first-order valence-corrected chi connectivity index (χ1v) is 8.10. The molecule has 0 saturated heterocycles. The Kier molecular flexibility index (Phi) is 5.20. The molecule has 2 aromatic carbocycles. The first kappa shape index (κ1) is 18.2. The Morgan fingerprint density at radius 2 is 1.85 bits per heavy atom. The minimum atomic E-state index is -1.16. The Labute approximate surface area is 154 Å². The first-order valence-electron chi connectivity index (χ1n) is 8.10. The molecule has 0 spiro atoms. The number of rotatable bonds is 5. The zero-order valence-electron chi connectivity index (χ0n) is 14.3. The number of esters is 1. The summed E-state index contributed by atoms with van der Waals surface area (Å²) in [5, 5.41) is 13.6. The number of fused-ring (bicyclic) bond motifs is 1. The van der Waals surface area contributed by atoms with Gasteiger partial charge in [0.2, 0.25) is 0 Å². The number of carbonyl (C=O) groups excluding carboxylic acids is 2. The fraction of sp³-hybridized carbons (Fsp3) is 0.222. The molecule has 0 fully saturated rings. The molecule has 27 heavy (non-hydrogen) atoms. The molecule has 0 bridgehead atoms. The van der Waals surface area contributed by atoms with E-state index in [0.717, 1.165) is 0 Å². The van der Waals surface area contributed by atoms with E-state index in [1.54, 1.807) is 18.2 Å². The van der Waals surface area contributed by atoms with Crippen molar-refractivity contribution < 1.29 is 28.7 Å². The molecule has 9 nitrogen and oxygen atoms in total. The lowest BCUT2D eigenvalue weighted by Crippen LogP contribution is -2.30. The Balaban J connectivity index is 1.66. The monoisotopic (exact) mass is 372 g/mol. The number of nitrogens with zero attached hydrogens (tertiary/aromatic N) is 1. The van der Waals surface area contributed by atoms with Gasteiger partial charge < -0.3 is 19.5 Å². The third-order valence-corrected chi connectivity index (χ3v) is 3.78. The van der Waals surface area contributed by atoms with Crippen LogP contribution in [0.2, 0.25) is 0 Å². The molecule has 1 aliphatic heterocycles. The van der Waals surface area contributed by atoms with E-state index in [0.29, 0.717) is 30.4 Å². The average molecular weight is 372 g/mol. The van der Waals surface area contributed by atoms with Crippen molar-refractivity contribution in [3.63, 3.8) is 0 Å². The molecule has 1 unspecified atom stereocenters. The number of benzene rings is 2. The molecule has 2 aromatic rings. The van der Waals surface area contributed by atoms with Crippen molar-refractivity contribution in [2.24, 2.45) is 0 Å². The summed E-state index contributed by atoms with van der Waals surface area (Å²) in [6, 6.07) is 10.3. The second-order valence-electron chi connectivity index (χ2n) is 5.67. The van der Waals surface area contributed by atoms with E-state index < -0.39 is 22.9 Å². The predicted molar refractivity (Wildman–Crippen MR) is 94.0 cm³/mol. The van der Waals surface area contributed by atoms with E-state index in [4.69, 9.17) is 14.2 Å². The summed E-state index contributed by atoms with van der Waals surface area (Å²) in [4.78, 5) is 34.8. The molecule has 1 N–H and O–H groups in total. The topological polar surface area (TPSA) is 117 Å². The number of amides is 1. The number of para-hydroxylation sites is 1. The van der Waals surface area contributed by atoms with Gasteiger partial charge in [-0.2, -0.15) is 0 Å². The zero-order valence-corrected chi connectivity index (χ0v) is 14.3. The lowest BCUT2D eigenvalue weighted by Gasteiger charge is -2.19. The molecule has 0 radical (unpaired) electrons. The molecule has 0 aromatic heterocycles. The molecule has 1 heterocycles. The summed E-state index contributed by atoms with van der Waals surface area (Å²) >= 11 is 0. The summed E-state index contributed by atoms with van der Waals surface area (Å²) in [6.07, 6.45) is -1.16. The number of anilines is 1. The van der Waals surface area contributed by atoms with Gasteiger partial charge >= 0.3 is 5.97 Å². The molecule has 9 heteroatoms. The largest absolute Gasteiger partial charge is 0.486 e. The zero-order chi connectivity index (χ0) is 19.4. The Morgan fingerprint density at radius 1 is 1.15 bits per heavy atom. The molecular formula is C18H16N2O7. The van der Waals surface area contributed by atoms with Crippen LogP contribution in [0.5, 0.6) is 11.5 Å². The first-order chi connectivity index (χ1) is 13.0. The van der Waals surface area contributed by atoms with E-state index in [1.165, 1.54) is 31.2 Å². The molecule has 0 saturated carbocycles. The normalized spacial score (nSPS) is 13.4. The number of nitrogens with one attached hydrogen (secondary N) is 1. The fourth-order valence-electron chi connectivity index (χ4n) is 2.45. The molecule has 0 aliphatic carbocycles. The van der Waals surface area contributed by atoms with Crippen LogP contribution in [0.25, 0.3) is 0 Å². The molecule has 1 amide bonds. The van der Waals surface area contributed by atoms with Crippen LogP contribution in [-0.2, 0) is 9.53 Å². The van der Waals surface area contributed by atoms with Gasteiger partial charge in [0.05, 0.1) is 4.92 Å². The van der Waals surface area contributed by atoms with Crippen molar-refractivity contribution in [2.75, 3.05) is 18.5 Å². The third kappa shape index (κ3) is 4.14. The summed E-state index contributed by atoms with van der Waals surface area (Å²) in [5.74, 6) is -0.454. The number of hydrogen-bond donors (Lipinski definition) is 1. The lowest BCUT2D eigenvalue weighted by molar-refractivity contribution is -0.385. The van der Waals surface area contributed by atoms with Crippen LogP contribution < -0.4 is 14.8 Å². The smallest absolute Gasteiger partial charge is 0.345 e. The van der Waals surface area contributed by atoms with Crippen LogP contribution in [0.15, 0.2) is 42.5 Å². The van der Waals surface area contributed by atoms with Crippen LogP contribution in [0, 0.1) is 10.1 Å². The second-order valence-corrected chi connectivity index (χ2v) is 5.67. The summed E-state index contributed by atoms with van der Waals surface area (Å²) < 4.78 is 15.9. The van der Waals surface area contributed by atoms with E-state index in [-0.39, 0.29) is 11.3 Å². The van der Waals surface area contributed by atoms with Crippen LogP contribution in [0.3, 0.4) is 0 Å². The Hall–Kier alpha value is -3.62. The highest BCUT2D eigenvalue weighted by Gasteiger charge is 2.25. The SMILES string of the molecule is CC(OC(=O)c1ccccc1[N+](=O)[O-])C(=O)Nc1ccc2c(c1)OCCO2. The van der Waals surface area contributed by atoms with Crippen molar-refractivity contribution >= 4 is 23.3 Å². The predicted octanol–water partition coefficient (Wildman–Crippen LogP) is 2.55. The second kappa shape index (κ2) is 7.73. The van der Waals surface area contributed by atoms with E-state index in [2.05, 4.69) is 5.32 Å². The number of nitro benzene ring substituents is 1. The van der Waals surface area contributed by atoms with Crippen molar-refractivity contribution in [1.29, 1.82) is 0 Å². The van der Waals surface area contributed by atoms with Gasteiger partial charge in [-0.05, 0) is 25.1 Å². The number of nitro groups is 1. The molecule has 140 valence electrons. The maximum atomic E-state index is 12.3. The van der Waals surface area contributed by atoms with Crippen molar-refractivity contribution in [2.45, 2.75) is 13.0 Å². The number of carbonyl (C=O) groups is 2. The molecule has 1 aliphatic rings. The van der Waals surface area contributed by atoms with Gasteiger partial charge in [-0.1, -0.05) is 12.1 Å². The van der Waals surface area contributed by atoms with Gasteiger partial charge in [-0.15, -0.1) is 0 Å². The van der Waals surface area contributed by atoms with Crippen molar-refractivity contribution in [3.05, 3.63) is 58.1 Å². The van der Waals surface area contributed by atoms with Gasteiger partial charge in [-0.25, -0.2) is 4.79 Å². The third-order valence-electron chi connectivity index (χ3n) is 3.78. The van der Waals surface area contributed by atoms with Crippen molar-refractivity contribution in [3.8, 4) is 11.5 Å². The summed E-state index contributed by atoms with van der Waals surface area (Å²) in [6.45, 7) is 2.24. The standard InChI is InChI=1S/C18H16N2O7/c1-11(27-18(22)13-4-2-3-5-14(13)20(23)24)17(21)19-12-6-7-15-16(10-12)26-9-8-25-15/h2-7,10-11H,8-9H2,1H3,(H,19,21). The number of hydrogen-bond acceptors (Lipinski definition) is 7. The number of ether oxygens (including phenoxy) is 3. The van der Waals surface area contributed by atoms with Gasteiger partial charge in [0.25, 0.3) is 11.6 Å². The molecule has 3 rings (SSSR count). The minimum Gasteiger partial charge on any atom is -0.486 e. The quantitative estimate of drug-likeness (QED) is 0.487. The van der Waals surface area contributed by atoms with Crippen LogP contribution in [-0.4, -0.2) is 36.1 Å². The van der Waals surface area contributed by atoms with E-state index >= 15 is 0 Å². The fourth-order valence-corrected chi connectivity index (χ4v) is 2.45. The van der Waals surface area contributed by atoms with E-state index in [1.807, 2.05) is 0 Å².